The van der Waals surface area contributed by atoms with Gasteiger partial charge in [-0.15, -0.1) is 12.4 Å². The van der Waals surface area contributed by atoms with E-state index in [1.165, 1.54) is 4.68 Å². The molecule has 0 aromatic carbocycles. The van der Waals surface area contributed by atoms with Crippen LogP contribution in [0.1, 0.15) is 13.3 Å². The summed E-state index contributed by atoms with van der Waals surface area (Å²) in [7, 11) is 1.57. The molecule has 3 N–H and O–H groups in total. The fourth-order valence-corrected chi connectivity index (χ4v) is 2.03. The number of carbonyl (C=O) groups is 2. The van der Waals surface area contributed by atoms with Gasteiger partial charge in [0.2, 0.25) is 11.8 Å². The first-order chi connectivity index (χ1) is 9.03. The maximum atomic E-state index is 12.2. The predicted octanol–water partition coefficient (Wildman–Crippen LogP) is -0.0110. The first kappa shape index (κ1) is 16.5. The Morgan fingerprint density at radius 1 is 1.55 bits per heavy atom. The molecule has 1 saturated heterocycles. The molecule has 1 aliphatic heterocycles. The molecule has 112 valence electrons. The zero-order chi connectivity index (χ0) is 13.9. The summed E-state index contributed by atoms with van der Waals surface area (Å²) >= 11 is 0. The number of hydrogen-bond donors (Lipinski definition) is 3. The second kappa shape index (κ2) is 6.71. The van der Waals surface area contributed by atoms with Crippen LogP contribution in [0.15, 0.2) is 12.4 Å². The molecule has 2 heterocycles. The smallest absolute Gasteiger partial charge is 0.241 e. The van der Waals surface area contributed by atoms with Crippen LogP contribution in [0.25, 0.3) is 0 Å². The Labute approximate surface area is 123 Å². The molecule has 1 fully saturated rings. The number of likely N-dealkylation sites (N-methyl/N-ethyl adjacent to an activating group) is 1. The summed E-state index contributed by atoms with van der Waals surface area (Å²) in [5.41, 5.74) is 0.241. The van der Waals surface area contributed by atoms with Crippen molar-refractivity contribution >= 4 is 29.9 Å². The van der Waals surface area contributed by atoms with Crippen molar-refractivity contribution in [3.8, 4) is 0 Å². The van der Waals surface area contributed by atoms with E-state index in [-0.39, 0.29) is 36.2 Å². The summed E-state index contributed by atoms with van der Waals surface area (Å²) in [6.07, 6.45) is 4.02. The van der Waals surface area contributed by atoms with Gasteiger partial charge in [0.25, 0.3) is 0 Å². The average Bonchev–Trinajstić information content (AvgIpc) is 2.99. The standard InChI is InChI=1S/C12H19N5O2.ClH/c1-12(3-4-14-8-12)11(19)16-9-5-15-17(6-9)7-10(18)13-2;/h5-6,14H,3-4,7-8H2,1-2H3,(H,13,18)(H,16,19);1H. The molecule has 7 nitrogen and oxygen atoms in total. The third-order valence-corrected chi connectivity index (χ3v) is 3.39. The number of aromatic nitrogens is 2. The highest BCUT2D eigenvalue weighted by atomic mass is 35.5. The lowest BCUT2D eigenvalue weighted by Gasteiger charge is -2.20. The Bertz CT molecular complexity index is 482. The van der Waals surface area contributed by atoms with Gasteiger partial charge in [0.1, 0.15) is 6.54 Å². The number of carbonyl (C=O) groups excluding carboxylic acids is 2. The Morgan fingerprint density at radius 2 is 2.30 bits per heavy atom. The average molecular weight is 302 g/mol. The Morgan fingerprint density at radius 3 is 2.90 bits per heavy atom. The van der Waals surface area contributed by atoms with Crippen molar-refractivity contribution in [1.29, 1.82) is 0 Å². The molecule has 2 rings (SSSR count). The first-order valence-electron chi connectivity index (χ1n) is 6.29. The van der Waals surface area contributed by atoms with Crippen LogP contribution in [0.4, 0.5) is 5.69 Å². The van der Waals surface area contributed by atoms with Crippen LogP contribution in [0.3, 0.4) is 0 Å². The zero-order valence-corrected chi connectivity index (χ0v) is 12.4. The summed E-state index contributed by atoms with van der Waals surface area (Å²) < 4.78 is 1.49. The van der Waals surface area contributed by atoms with Gasteiger partial charge in [-0.05, 0) is 19.9 Å². The molecule has 8 heteroatoms. The van der Waals surface area contributed by atoms with Crippen LogP contribution in [0.2, 0.25) is 0 Å². The molecular formula is C12H20ClN5O2. The van der Waals surface area contributed by atoms with Crippen molar-refractivity contribution < 1.29 is 9.59 Å². The normalized spacial score (nSPS) is 21.1. The van der Waals surface area contributed by atoms with Crippen LogP contribution in [-0.2, 0) is 16.1 Å². The maximum Gasteiger partial charge on any atom is 0.241 e. The van der Waals surface area contributed by atoms with Crippen LogP contribution < -0.4 is 16.0 Å². The van der Waals surface area contributed by atoms with Crippen molar-refractivity contribution in [1.82, 2.24) is 20.4 Å². The minimum absolute atomic E-state index is 0. The molecule has 2 amide bonds. The number of hydrogen-bond acceptors (Lipinski definition) is 4. The van der Waals surface area contributed by atoms with Crippen molar-refractivity contribution in [2.24, 2.45) is 5.41 Å². The van der Waals surface area contributed by atoms with Crippen molar-refractivity contribution in [2.75, 3.05) is 25.5 Å². The highest BCUT2D eigenvalue weighted by molar-refractivity contribution is 5.95. The number of halogens is 1. The molecule has 0 spiro atoms. The van der Waals surface area contributed by atoms with Gasteiger partial charge < -0.3 is 16.0 Å². The van der Waals surface area contributed by atoms with Gasteiger partial charge >= 0.3 is 0 Å². The molecule has 0 bridgehead atoms. The van der Waals surface area contributed by atoms with Crippen LogP contribution >= 0.6 is 12.4 Å². The minimum atomic E-state index is -0.372. The topological polar surface area (TPSA) is 88.0 Å². The molecule has 1 unspecified atom stereocenters. The highest BCUT2D eigenvalue weighted by Crippen LogP contribution is 2.26. The molecular weight excluding hydrogens is 282 g/mol. The SMILES string of the molecule is CNC(=O)Cn1cc(NC(=O)C2(C)CCNC2)cn1.Cl. The van der Waals surface area contributed by atoms with E-state index in [9.17, 15) is 9.59 Å². The Hall–Kier alpha value is -1.60. The molecule has 0 saturated carbocycles. The van der Waals surface area contributed by atoms with E-state index in [0.29, 0.717) is 12.2 Å². The second-order valence-electron chi connectivity index (χ2n) is 5.04. The Balaban J connectivity index is 0.00000200. The van der Waals surface area contributed by atoms with Crippen molar-refractivity contribution in [2.45, 2.75) is 19.9 Å². The van der Waals surface area contributed by atoms with Gasteiger partial charge in [0, 0.05) is 19.8 Å². The lowest BCUT2D eigenvalue weighted by molar-refractivity contribution is -0.124. The van der Waals surface area contributed by atoms with E-state index >= 15 is 0 Å². The van der Waals surface area contributed by atoms with E-state index in [1.54, 1.807) is 19.4 Å². The number of nitrogens with one attached hydrogen (secondary N) is 3. The first-order valence-corrected chi connectivity index (χ1v) is 6.29. The number of amides is 2. The van der Waals surface area contributed by atoms with Gasteiger partial charge in [0.05, 0.1) is 17.3 Å². The lowest BCUT2D eigenvalue weighted by atomic mass is 9.89. The van der Waals surface area contributed by atoms with Gasteiger partial charge in [-0.25, -0.2) is 0 Å². The van der Waals surface area contributed by atoms with Gasteiger partial charge in [0.15, 0.2) is 0 Å². The quantitative estimate of drug-likeness (QED) is 0.730. The predicted molar refractivity (Wildman–Crippen MR) is 77.8 cm³/mol. The molecule has 1 aromatic heterocycles. The number of anilines is 1. The van der Waals surface area contributed by atoms with Gasteiger partial charge in [-0.2, -0.15) is 5.10 Å². The van der Waals surface area contributed by atoms with Gasteiger partial charge in [-0.1, -0.05) is 0 Å². The van der Waals surface area contributed by atoms with Crippen LogP contribution in [0.5, 0.6) is 0 Å². The largest absolute Gasteiger partial charge is 0.358 e. The molecule has 1 aromatic rings. The highest BCUT2D eigenvalue weighted by Gasteiger charge is 2.36. The summed E-state index contributed by atoms with van der Waals surface area (Å²) in [4.78, 5) is 23.4. The van der Waals surface area contributed by atoms with Crippen molar-refractivity contribution in [3.05, 3.63) is 12.4 Å². The van der Waals surface area contributed by atoms with Crippen LogP contribution in [-0.4, -0.2) is 41.7 Å². The third kappa shape index (κ3) is 3.71. The molecule has 20 heavy (non-hydrogen) atoms. The van der Waals surface area contributed by atoms with E-state index in [0.717, 1.165) is 13.0 Å². The van der Waals surface area contributed by atoms with E-state index < -0.39 is 0 Å². The van der Waals surface area contributed by atoms with Crippen molar-refractivity contribution in [3.63, 3.8) is 0 Å². The van der Waals surface area contributed by atoms with E-state index in [1.807, 2.05) is 6.92 Å². The van der Waals surface area contributed by atoms with Crippen LogP contribution in [0, 0.1) is 5.41 Å². The Kier molecular flexibility index (Phi) is 5.52. The zero-order valence-electron chi connectivity index (χ0n) is 11.6. The summed E-state index contributed by atoms with van der Waals surface area (Å²) in [6, 6.07) is 0. The summed E-state index contributed by atoms with van der Waals surface area (Å²) in [5, 5.41) is 12.6. The number of rotatable bonds is 4. The fourth-order valence-electron chi connectivity index (χ4n) is 2.03. The second-order valence-corrected chi connectivity index (χ2v) is 5.04. The molecule has 1 aliphatic rings. The maximum absolute atomic E-state index is 12.2. The fraction of sp³-hybridized carbons (Fsp3) is 0.583. The third-order valence-electron chi connectivity index (χ3n) is 3.39. The monoisotopic (exact) mass is 301 g/mol. The summed E-state index contributed by atoms with van der Waals surface area (Å²) in [5.74, 6) is -0.148. The molecule has 0 aliphatic carbocycles. The van der Waals surface area contributed by atoms with E-state index in [2.05, 4.69) is 21.0 Å². The minimum Gasteiger partial charge on any atom is -0.358 e. The number of nitrogens with zero attached hydrogens (tertiary/aromatic N) is 2. The molecule has 1 atom stereocenters. The summed E-state index contributed by atoms with van der Waals surface area (Å²) in [6.45, 7) is 3.63. The van der Waals surface area contributed by atoms with Gasteiger partial charge in [-0.3, -0.25) is 14.3 Å². The molecule has 0 radical (unpaired) electrons. The lowest BCUT2D eigenvalue weighted by Crippen LogP contribution is -2.35. The van der Waals surface area contributed by atoms with E-state index in [4.69, 9.17) is 0 Å².